The Kier molecular flexibility index (Phi) is 5.05. The third kappa shape index (κ3) is 4.68. The molecule has 0 bridgehead atoms. The van der Waals surface area contributed by atoms with E-state index in [0.717, 1.165) is 6.07 Å². The molecular weight excluding hydrogens is 269 g/mol. The van der Waals surface area contributed by atoms with Gasteiger partial charge < -0.3 is 15.3 Å². The molecule has 0 amide bonds. The monoisotopic (exact) mass is 290 g/mol. The molecular formula is C14H21F3N2O. The first-order valence-electron chi connectivity index (χ1n) is 6.33. The summed E-state index contributed by atoms with van der Waals surface area (Å²) in [6.45, 7) is 3.63. The van der Waals surface area contributed by atoms with Gasteiger partial charge in [-0.25, -0.2) is 0 Å². The summed E-state index contributed by atoms with van der Waals surface area (Å²) in [7, 11) is 3.26. The number of rotatable bonds is 5. The molecule has 0 fully saturated rings. The van der Waals surface area contributed by atoms with E-state index >= 15 is 0 Å². The average molecular weight is 290 g/mol. The van der Waals surface area contributed by atoms with Crippen LogP contribution >= 0.6 is 0 Å². The van der Waals surface area contributed by atoms with Gasteiger partial charge in [0.15, 0.2) is 0 Å². The molecule has 1 rings (SSSR count). The first-order chi connectivity index (χ1) is 9.04. The summed E-state index contributed by atoms with van der Waals surface area (Å²) < 4.78 is 39.2. The maximum absolute atomic E-state index is 13.1. The molecule has 6 heteroatoms. The van der Waals surface area contributed by atoms with Crippen molar-refractivity contribution in [1.29, 1.82) is 0 Å². The van der Waals surface area contributed by atoms with Crippen LogP contribution in [0.2, 0.25) is 0 Å². The topological polar surface area (TPSA) is 35.5 Å². The number of nitrogens with zero attached hydrogens (tertiary/aromatic N) is 1. The normalized spacial score (nSPS) is 12.6. The van der Waals surface area contributed by atoms with E-state index in [1.54, 1.807) is 38.9 Å². The van der Waals surface area contributed by atoms with Gasteiger partial charge in [-0.1, -0.05) is 6.07 Å². The fourth-order valence-corrected chi connectivity index (χ4v) is 2.08. The highest BCUT2D eigenvalue weighted by molar-refractivity contribution is 5.51. The molecule has 2 N–H and O–H groups in total. The molecule has 1 aromatic carbocycles. The van der Waals surface area contributed by atoms with Gasteiger partial charge in [0.05, 0.1) is 11.2 Å². The standard InChI is InChI=1S/C14H21F3N2O/c1-13(2,20)9-19(4)11-6-5-10(8-18-3)12(7-11)14(15,16)17/h5-7,18,20H,8-9H2,1-4H3. The minimum Gasteiger partial charge on any atom is -0.389 e. The fourth-order valence-electron chi connectivity index (χ4n) is 2.08. The van der Waals surface area contributed by atoms with E-state index in [2.05, 4.69) is 5.32 Å². The highest BCUT2D eigenvalue weighted by Gasteiger charge is 2.33. The van der Waals surface area contributed by atoms with Crippen molar-refractivity contribution in [3.63, 3.8) is 0 Å². The fraction of sp³-hybridized carbons (Fsp3) is 0.571. The van der Waals surface area contributed by atoms with Gasteiger partial charge in [0.2, 0.25) is 0 Å². The van der Waals surface area contributed by atoms with Crippen LogP contribution in [0.1, 0.15) is 25.0 Å². The number of halogens is 3. The Morgan fingerprint density at radius 3 is 2.30 bits per heavy atom. The molecule has 0 heterocycles. The second-order valence-electron chi connectivity index (χ2n) is 5.54. The molecule has 114 valence electrons. The first kappa shape index (κ1) is 16.8. The van der Waals surface area contributed by atoms with Crippen LogP contribution in [0.25, 0.3) is 0 Å². The average Bonchev–Trinajstić information content (AvgIpc) is 2.26. The van der Waals surface area contributed by atoms with Crippen LogP contribution in [-0.4, -0.2) is 31.3 Å². The molecule has 0 saturated carbocycles. The van der Waals surface area contributed by atoms with Crippen molar-refractivity contribution in [2.24, 2.45) is 0 Å². The van der Waals surface area contributed by atoms with Crippen LogP contribution in [0.5, 0.6) is 0 Å². The molecule has 0 saturated heterocycles. The highest BCUT2D eigenvalue weighted by Crippen LogP contribution is 2.34. The molecule has 0 aromatic heterocycles. The number of anilines is 1. The molecule has 0 aliphatic carbocycles. The van der Waals surface area contributed by atoms with Crippen molar-refractivity contribution < 1.29 is 18.3 Å². The number of nitrogens with one attached hydrogen (secondary N) is 1. The van der Waals surface area contributed by atoms with Crippen molar-refractivity contribution in [2.75, 3.05) is 25.5 Å². The van der Waals surface area contributed by atoms with E-state index in [-0.39, 0.29) is 18.7 Å². The Morgan fingerprint density at radius 1 is 1.25 bits per heavy atom. The van der Waals surface area contributed by atoms with E-state index in [1.807, 2.05) is 0 Å². The second-order valence-corrected chi connectivity index (χ2v) is 5.54. The van der Waals surface area contributed by atoms with Gasteiger partial charge in [-0.05, 0) is 38.6 Å². The lowest BCUT2D eigenvalue weighted by molar-refractivity contribution is -0.138. The minimum atomic E-state index is -4.39. The van der Waals surface area contributed by atoms with Crippen LogP contribution in [0, 0.1) is 0 Å². The van der Waals surface area contributed by atoms with E-state index in [9.17, 15) is 18.3 Å². The zero-order valence-electron chi connectivity index (χ0n) is 12.2. The Bertz CT molecular complexity index is 453. The number of alkyl halides is 3. The number of likely N-dealkylation sites (N-methyl/N-ethyl adjacent to an activating group) is 1. The molecule has 0 atom stereocenters. The predicted molar refractivity (Wildman–Crippen MR) is 73.8 cm³/mol. The Morgan fingerprint density at radius 2 is 1.85 bits per heavy atom. The molecule has 0 aliphatic rings. The third-order valence-corrected chi connectivity index (χ3v) is 2.83. The van der Waals surface area contributed by atoms with Crippen LogP contribution < -0.4 is 10.2 Å². The highest BCUT2D eigenvalue weighted by atomic mass is 19.4. The molecule has 3 nitrogen and oxygen atoms in total. The van der Waals surface area contributed by atoms with Crippen LogP contribution in [-0.2, 0) is 12.7 Å². The van der Waals surface area contributed by atoms with Crippen molar-refractivity contribution in [1.82, 2.24) is 5.32 Å². The van der Waals surface area contributed by atoms with Gasteiger partial charge in [0, 0.05) is 25.8 Å². The van der Waals surface area contributed by atoms with Gasteiger partial charge in [0.1, 0.15) is 0 Å². The molecule has 0 aliphatic heterocycles. The van der Waals surface area contributed by atoms with Gasteiger partial charge in [-0.2, -0.15) is 13.2 Å². The smallest absolute Gasteiger partial charge is 0.389 e. The Balaban J connectivity index is 3.12. The first-order valence-corrected chi connectivity index (χ1v) is 6.33. The quantitative estimate of drug-likeness (QED) is 0.875. The van der Waals surface area contributed by atoms with Crippen molar-refractivity contribution in [2.45, 2.75) is 32.2 Å². The molecule has 20 heavy (non-hydrogen) atoms. The third-order valence-electron chi connectivity index (χ3n) is 2.83. The zero-order chi connectivity index (χ0) is 15.6. The predicted octanol–water partition coefficient (Wildman–Crippen LogP) is 2.63. The van der Waals surface area contributed by atoms with Crippen LogP contribution in [0.3, 0.4) is 0 Å². The second kappa shape index (κ2) is 6.01. The van der Waals surface area contributed by atoms with E-state index in [0.29, 0.717) is 5.69 Å². The summed E-state index contributed by atoms with van der Waals surface area (Å²) in [6, 6.07) is 4.22. The summed E-state index contributed by atoms with van der Waals surface area (Å²) in [6.07, 6.45) is -4.39. The van der Waals surface area contributed by atoms with Crippen molar-refractivity contribution in [3.8, 4) is 0 Å². The summed E-state index contributed by atoms with van der Waals surface area (Å²) in [4.78, 5) is 1.61. The van der Waals surface area contributed by atoms with Crippen molar-refractivity contribution >= 4 is 5.69 Å². The number of hydrogen-bond donors (Lipinski definition) is 2. The lowest BCUT2D eigenvalue weighted by atomic mass is 10.0. The molecule has 0 radical (unpaired) electrons. The van der Waals surface area contributed by atoms with Gasteiger partial charge in [0.25, 0.3) is 0 Å². The largest absolute Gasteiger partial charge is 0.416 e. The van der Waals surface area contributed by atoms with E-state index in [4.69, 9.17) is 0 Å². The Labute approximate surface area is 117 Å². The zero-order valence-corrected chi connectivity index (χ0v) is 12.2. The molecule has 0 spiro atoms. The summed E-state index contributed by atoms with van der Waals surface area (Å²) in [5, 5.41) is 12.5. The summed E-state index contributed by atoms with van der Waals surface area (Å²) >= 11 is 0. The van der Waals surface area contributed by atoms with Gasteiger partial charge in [-0.3, -0.25) is 0 Å². The minimum absolute atomic E-state index is 0.157. The molecule has 0 unspecified atom stereocenters. The lowest BCUT2D eigenvalue weighted by Gasteiger charge is -2.28. The van der Waals surface area contributed by atoms with E-state index < -0.39 is 17.3 Å². The van der Waals surface area contributed by atoms with Crippen LogP contribution in [0.15, 0.2) is 18.2 Å². The van der Waals surface area contributed by atoms with Crippen LogP contribution in [0.4, 0.5) is 18.9 Å². The number of hydrogen-bond acceptors (Lipinski definition) is 3. The molecule has 1 aromatic rings. The maximum Gasteiger partial charge on any atom is 0.416 e. The van der Waals surface area contributed by atoms with Gasteiger partial charge in [-0.15, -0.1) is 0 Å². The Hall–Kier alpha value is -1.27. The summed E-state index contributed by atoms with van der Waals surface area (Å²) in [5.74, 6) is 0. The lowest BCUT2D eigenvalue weighted by Crippen LogP contribution is -2.36. The van der Waals surface area contributed by atoms with E-state index in [1.165, 1.54) is 6.07 Å². The summed E-state index contributed by atoms with van der Waals surface area (Å²) in [5.41, 5.74) is -0.983. The van der Waals surface area contributed by atoms with Crippen molar-refractivity contribution in [3.05, 3.63) is 29.3 Å². The SMILES string of the molecule is CNCc1ccc(N(C)CC(C)(C)O)cc1C(F)(F)F. The number of aliphatic hydroxyl groups is 1. The maximum atomic E-state index is 13.1. The van der Waals surface area contributed by atoms with Gasteiger partial charge >= 0.3 is 6.18 Å². The number of benzene rings is 1.